The highest BCUT2D eigenvalue weighted by molar-refractivity contribution is 7.16. The summed E-state index contributed by atoms with van der Waals surface area (Å²) in [7, 11) is 2.08. The molecule has 2 aromatic rings. The summed E-state index contributed by atoms with van der Waals surface area (Å²) in [5.74, 6) is -0.443. The number of piperidine rings is 1. The molecule has 2 aliphatic heterocycles. The number of aromatic nitrogens is 1. The number of anilines is 1. The molecular weight excluding hydrogens is 372 g/mol. The van der Waals surface area contributed by atoms with Gasteiger partial charge in [0.2, 0.25) is 0 Å². The monoisotopic (exact) mass is 398 g/mol. The number of carbonyl (C=O) groups is 2. The molecule has 0 aliphatic carbocycles. The van der Waals surface area contributed by atoms with Crippen LogP contribution in [0.3, 0.4) is 0 Å². The average molecular weight is 399 g/mol. The third-order valence-corrected chi connectivity index (χ3v) is 6.60. The Bertz CT molecular complexity index is 843. The molecule has 0 bridgehead atoms. The van der Waals surface area contributed by atoms with Crippen LogP contribution in [-0.4, -0.2) is 53.3 Å². The average Bonchev–Trinajstić information content (AvgIpc) is 3.10. The van der Waals surface area contributed by atoms with E-state index in [-0.39, 0.29) is 0 Å². The topological polar surface area (TPSA) is 65.5 Å². The van der Waals surface area contributed by atoms with Crippen molar-refractivity contribution >= 4 is 28.3 Å². The van der Waals surface area contributed by atoms with Gasteiger partial charge in [0.1, 0.15) is 0 Å². The van der Waals surface area contributed by atoms with E-state index in [9.17, 15) is 9.59 Å². The van der Waals surface area contributed by atoms with Crippen LogP contribution in [0.15, 0.2) is 30.3 Å². The predicted octanol–water partition coefficient (Wildman–Crippen LogP) is 2.55. The Morgan fingerprint density at radius 1 is 1.18 bits per heavy atom. The standard InChI is InChI=1S/C21H26N4O2S/c1-24-10-9-17-18(14-24)28-21(22-17)23-19(26)20(27)25-11-7-16(8-12-25)13-15-5-3-2-4-6-15/h2-6,16H,7-14H2,1H3,(H,22,23,26). The van der Waals surface area contributed by atoms with E-state index in [1.165, 1.54) is 21.8 Å². The van der Waals surface area contributed by atoms with E-state index in [0.717, 1.165) is 44.5 Å². The molecule has 1 aromatic heterocycles. The van der Waals surface area contributed by atoms with Gasteiger partial charge in [-0.05, 0) is 37.8 Å². The molecule has 6 nitrogen and oxygen atoms in total. The van der Waals surface area contributed by atoms with Gasteiger partial charge >= 0.3 is 11.8 Å². The van der Waals surface area contributed by atoms with Crippen molar-refractivity contribution in [3.8, 4) is 0 Å². The lowest BCUT2D eigenvalue weighted by atomic mass is 9.90. The van der Waals surface area contributed by atoms with Crippen molar-refractivity contribution < 1.29 is 9.59 Å². The van der Waals surface area contributed by atoms with Gasteiger partial charge in [-0.3, -0.25) is 14.9 Å². The van der Waals surface area contributed by atoms with Crippen LogP contribution in [0.4, 0.5) is 5.13 Å². The Morgan fingerprint density at radius 2 is 1.93 bits per heavy atom. The van der Waals surface area contributed by atoms with Gasteiger partial charge in [0, 0.05) is 37.5 Å². The first-order valence-electron chi connectivity index (χ1n) is 9.90. The van der Waals surface area contributed by atoms with Gasteiger partial charge in [0.05, 0.1) is 5.69 Å². The molecule has 0 atom stereocenters. The molecule has 0 saturated carbocycles. The maximum Gasteiger partial charge on any atom is 0.315 e. The molecule has 3 heterocycles. The third kappa shape index (κ3) is 4.42. The molecule has 1 N–H and O–H groups in total. The second-order valence-corrected chi connectivity index (χ2v) is 8.84. The van der Waals surface area contributed by atoms with Gasteiger partial charge in [-0.15, -0.1) is 11.3 Å². The largest absolute Gasteiger partial charge is 0.334 e. The quantitative estimate of drug-likeness (QED) is 0.807. The van der Waals surface area contributed by atoms with Gasteiger partial charge in [-0.25, -0.2) is 4.98 Å². The number of fused-ring (bicyclic) bond motifs is 1. The lowest BCUT2D eigenvalue weighted by Gasteiger charge is -2.31. The number of thiazole rings is 1. The summed E-state index contributed by atoms with van der Waals surface area (Å²) in [6.07, 6.45) is 3.80. The summed E-state index contributed by atoms with van der Waals surface area (Å²) in [5, 5.41) is 3.26. The number of hydrogen-bond donors (Lipinski definition) is 1. The number of carbonyl (C=O) groups excluding carboxylic acids is 2. The Balaban J connectivity index is 1.28. The van der Waals surface area contributed by atoms with Crippen LogP contribution in [-0.2, 0) is 29.0 Å². The number of nitrogens with one attached hydrogen (secondary N) is 1. The molecule has 1 saturated heterocycles. The van der Waals surface area contributed by atoms with Crippen LogP contribution in [0, 0.1) is 5.92 Å². The summed E-state index contributed by atoms with van der Waals surface area (Å²) in [6, 6.07) is 10.5. The van der Waals surface area contributed by atoms with Crippen molar-refractivity contribution in [2.75, 3.05) is 32.0 Å². The van der Waals surface area contributed by atoms with Crippen molar-refractivity contribution in [3.05, 3.63) is 46.5 Å². The molecule has 2 amide bonds. The molecule has 2 aliphatic rings. The third-order valence-electron chi connectivity index (χ3n) is 5.61. The zero-order valence-corrected chi connectivity index (χ0v) is 17.0. The zero-order valence-electron chi connectivity index (χ0n) is 16.2. The lowest BCUT2D eigenvalue weighted by Crippen LogP contribution is -2.44. The molecule has 0 spiro atoms. The van der Waals surface area contributed by atoms with E-state index in [2.05, 4.69) is 46.5 Å². The van der Waals surface area contributed by atoms with Crippen LogP contribution >= 0.6 is 11.3 Å². The fraction of sp³-hybridized carbons (Fsp3) is 0.476. The minimum absolute atomic E-state index is 0.441. The molecule has 0 radical (unpaired) electrons. The molecule has 7 heteroatoms. The molecular formula is C21H26N4O2S. The number of likely N-dealkylation sites (N-methyl/N-ethyl adjacent to an activating group) is 1. The van der Waals surface area contributed by atoms with E-state index in [1.807, 2.05) is 6.07 Å². The first-order chi connectivity index (χ1) is 13.6. The Morgan fingerprint density at radius 3 is 2.68 bits per heavy atom. The van der Waals surface area contributed by atoms with Crippen molar-refractivity contribution in [1.29, 1.82) is 0 Å². The Kier molecular flexibility index (Phi) is 5.73. The number of benzene rings is 1. The van der Waals surface area contributed by atoms with Crippen LogP contribution < -0.4 is 5.32 Å². The van der Waals surface area contributed by atoms with Gasteiger partial charge in [-0.1, -0.05) is 30.3 Å². The molecule has 28 heavy (non-hydrogen) atoms. The van der Waals surface area contributed by atoms with Gasteiger partial charge < -0.3 is 9.80 Å². The molecule has 0 unspecified atom stereocenters. The molecule has 148 valence electrons. The lowest BCUT2D eigenvalue weighted by molar-refractivity contribution is -0.144. The number of nitrogens with zero attached hydrogens (tertiary/aromatic N) is 3. The van der Waals surface area contributed by atoms with Gasteiger partial charge in [-0.2, -0.15) is 0 Å². The second-order valence-electron chi connectivity index (χ2n) is 7.76. The summed E-state index contributed by atoms with van der Waals surface area (Å²) < 4.78 is 0. The number of amides is 2. The Hall–Kier alpha value is -2.25. The maximum absolute atomic E-state index is 12.5. The van der Waals surface area contributed by atoms with Crippen molar-refractivity contribution in [1.82, 2.24) is 14.8 Å². The normalized spacial score (nSPS) is 18.0. The highest BCUT2D eigenvalue weighted by atomic mass is 32.1. The highest BCUT2D eigenvalue weighted by Crippen LogP contribution is 2.28. The summed E-state index contributed by atoms with van der Waals surface area (Å²) >= 11 is 1.48. The van der Waals surface area contributed by atoms with Crippen molar-refractivity contribution in [3.63, 3.8) is 0 Å². The van der Waals surface area contributed by atoms with Crippen LogP contribution in [0.2, 0.25) is 0 Å². The summed E-state index contributed by atoms with van der Waals surface area (Å²) in [6.45, 7) is 3.11. The minimum Gasteiger partial charge on any atom is -0.334 e. The van der Waals surface area contributed by atoms with Crippen LogP contribution in [0.25, 0.3) is 0 Å². The summed E-state index contributed by atoms with van der Waals surface area (Å²) in [5.41, 5.74) is 2.39. The van der Waals surface area contributed by atoms with E-state index < -0.39 is 11.8 Å². The first kappa shape index (κ1) is 19.1. The van der Waals surface area contributed by atoms with Crippen LogP contribution in [0.1, 0.15) is 29.0 Å². The summed E-state index contributed by atoms with van der Waals surface area (Å²) in [4.78, 5) is 34.6. The van der Waals surface area contributed by atoms with Gasteiger partial charge in [0.25, 0.3) is 0 Å². The second kappa shape index (κ2) is 8.41. The molecule has 1 aromatic carbocycles. The highest BCUT2D eigenvalue weighted by Gasteiger charge is 2.28. The van der Waals surface area contributed by atoms with E-state index in [4.69, 9.17) is 0 Å². The van der Waals surface area contributed by atoms with Crippen molar-refractivity contribution in [2.24, 2.45) is 5.92 Å². The van der Waals surface area contributed by atoms with Gasteiger partial charge in [0.15, 0.2) is 5.13 Å². The predicted molar refractivity (Wildman–Crippen MR) is 110 cm³/mol. The number of rotatable bonds is 3. The zero-order chi connectivity index (χ0) is 19.5. The van der Waals surface area contributed by atoms with E-state index in [0.29, 0.717) is 24.1 Å². The number of likely N-dealkylation sites (tertiary alicyclic amines) is 1. The molecule has 4 rings (SSSR count). The maximum atomic E-state index is 12.5. The minimum atomic E-state index is -0.569. The number of hydrogen-bond acceptors (Lipinski definition) is 5. The van der Waals surface area contributed by atoms with Crippen LogP contribution in [0.5, 0.6) is 0 Å². The smallest absolute Gasteiger partial charge is 0.315 e. The Labute approximate surface area is 169 Å². The fourth-order valence-corrected chi connectivity index (χ4v) is 5.04. The van der Waals surface area contributed by atoms with E-state index in [1.54, 1.807) is 4.90 Å². The first-order valence-corrected chi connectivity index (χ1v) is 10.7. The SMILES string of the molecule is CN1CCc2nc(NC(=O)C(=O)N3CCC(Cc4ccccc4)CC3)sc2C1. The molecule has 1 fully saturated rings. The fourth-order valence-electron chi connectivity index (χ4n) is 3.96. The van der Waals surface area contributed by atoms with E-state index >= 15 is 0 Å². The van der Waals surface area contributed by atoms with Crippen molar-refractivity contribution in [2.45, 2.75) is 32.2 Å².